The van der Waals surface area contributed by atoms with Gasteiger partial charge >= 0.3 is 0 Å². The molecule has 0 amide bonds. The summed E-state index contributed by atoms with van der Waals surface area (Å²) in [6.07, 6.45) is 0.725. The maximum atomic E-state index is 5.35. The van der Waals surface area contributed by atoms with Crippen molar-refractivity contribution in [3.05, 3.63) is 17.7 Å². The van der Waals surface area contributed by atoms with E-state index in [9.17, 15) is 0 Å². The summed E-state index contributed by atoms with van der Waals surface area (Å²) in [5.41, 5.74) is 0.779. The lowest BCUT2D eigenvalue weighted by molar-refractivity contribution is 0.174. The van der Waals surface area contributed by atoms with Crippen molar-refractivity contribution in [3.63, 3.8) is 0 Å². The molecule has 0 bridgehead atoms. The van der Waals surface area contributed by atoms with Gasteiger partial charge in [-0.05, 0) is 19.1 Å². The van der Waals surface area contributed by atoms with Crippen LogP contribution in [-0.2, 0) is 4.74 Å². The van der Waals surface area contributed by atoms with Crippen molar-refractivity contribution in [2.45, 2.75) is 13.3 Å². The third-order valence-corrected chi connectivity index (χ3v) is 2.62. The lowest BCUT2D eigenvalue weighted by atomic mass is 10.2. The van der Waals surface area contributed by atoms with Crippen molar-refractivity contribution in [3.8, 4) is 40.9 Å². The van der Waals surface area contributed by atoms with Crippen LogP contribution in [0.1, 0.15) is 18.9 Å². The van der Waals surface area contributed by atoms with Gasteiger partial charge in [0, 0.05) is 12.0 Å². The predicted octanol–water partition coefficient (Wildman–Crippen LogP) is 2.49. The summed E-state index contributed by atoms with van der Waals surface area (Å²) in [7, 11) is 4.72. The van der Waals surface area contributed by atoms with Crippen molar-refractivity contribution in [2.24, 2.45) is 0 Å². The highest BCUT2D eigenvalue weighted by molar-refractivity contribution is 5.57. The SMILES string of the molecule is CC#CCCOCC#Cc1cc(OC)c(OC)c(OC)c1. The van der Waals surface area contributed by atoms with Gasteiger partial charge in [-0.3, -0.25) is 0 Å². The molecule has 4 nitrogen and oxygen atoms in total. The van der Waals surface area contributed by atoms with E-state index in [4.69, 9.17) is 18.9 Å². The highest BCUT2D eigenvalue weighted by Gasteiger charge is 2.11. The minimum atomic E-state index is 0.363. The van der Waals surface area contributed by atoms with E-state index in [0.717, 1.165) is 12.0 Å². The van der Waals surface area contributed by atoms with Crippen molar-refractivity contribution in [1.29, 1.82) is 0 Å². The van der Waals surface area contributed by atoms with Crippen LogP contribution in [-0.4, -0.2) is 34.5 Å². The normalized spacial score (nSPS) is 8.95. The maximum absolute atomic E-state index is 5.35. The second kappa shape index (κ2) is 9.58. The van der Waals surface area contributed by atoms with Crippen LogP contribution < -0.4 is 14.2 Å². The van der Waals surface area contributed by atoms with Gasteiger partial charge < -0.3 is 18.9 Å². The van der Waals surface area contributed by atoms with Crippen molar-refractivity contribution in [2.75, 3.05) is 34.5 Å². The van der Waals surface area contributed by atoms with E-state index in [1.54, 1.807) is 33.5 Å². The van der Waals surface area contributed by atoms with Crippen molar-refractivity contribution < 1.29 is 18.9 Å². The predicted molar refractivity (Wildman–Crippen MR) is 81.9 cm³/mol. The molecule has 0 N–H and O–H groups in total. The molecule has 1 aromatic rings. The second-order valence-corrected chi connectivity index (χ2v) is 3.95. The average molecular weight is 288 g/mol. The van der Waals surface area contributed by atoms with Gasteiger partial charge in [0.15, 0.2) is 11.5 Å². The molecule has 1 rings (SSSR count). The minimum absolute atomic E-state index is 0.363. The van der Waals surface area contributed by atoms with Crippen LogP contribution in [0.2, 0.25) is 0 Å². The smallest absolute Gasteiger partial charge is 0.203 e. The number of methoxy groups -OCH3 is 3. The summed E-state index contributed by atoms with van der Waals surface area (Å²) in [6, 6.07) is 3.60. The fraction of sp³-hybridized carbons (Fsp3) is 0.412. The monoisotopic (exact) mass is 288 g/mol. The summed E-state index contributed by atoms with van der Waals surface area (Å²) in [5, 5.41) is 0. The number of rotatable bonds is 6. The molecule has 1 aromatic carbocycles. The van der Waals surface area contributed by atoms with E-state index in [-0.39, 0.29) is 0 Å². The number of benzene rings is 1. The molecular weight excluding hydrogens is 268 g/mol. The van der Waals surface area contributed by atoms with Gasteiger partial charge in [-0.1, -0.05) is 11.8 Å². The zero-order valence-corrected chi connectivity index (χ0v) is 12.9. The Morgan fingerprint density at radius 2 is 1.62 bits per heavy atom. The van der Waals surface area contributed by atoms with Gasteiger partial charge in [0.25, 0.3) is 0 Å². The van der Waals surface area contributed by atoms with Crippen LogP contribution in [0.15, 0.2) is 12.1 Å². The summed E-state index contributed by atoms with van der Waals surface area (Å²) in [6.45, 7) is 2.76. The quantitative estimate of drug-likeness (QED) is 0.595. The van der Waals surface area contributed by atoms with Crippen LogP contribution in [0.25, 0.3) is 0 Å². The zero-order valence-electron chi connectivity index (χ0n) is 12.9. The molecule has 0 spiro atoms. The Balaban J connectivity index is 2.73. The lowest BCUT2D eigenvalue weighted by Gasteiger charge is -2.12. The van der Waals surface area contributed by atoms with Crippen LogP contribution in [0.3, 0.4) is 0 Å². The van der Waals surface area contributed by atoms with E-state index in [0.29, 0.717) is 30.5 Å². The highest BCUT2D eigenvalue weighted by atomic mass is 16.5. The van der Waals surface area contributed by atoms with Gasteiger partial charge in [-0.15, -0.1) is 11.8 Å². The second-order valence-electron chi connectivity index (χ2n) is 3.95. The van der Waals surface area contributed by atoms with Gasteiger partial charge in [-0.2, -0.15) is 0 Å². The molecule has 0 fully saturated rings. The van der Waals surface area contributed by atoms with E-state index in [1.807, 2.05) is 6.92 Å². The summed E-state index contributed by atoms with van der Waals surface area (Å²) >= 11 is 0. The first kappa shape index (κ1) is 16.8. The largest absolute Gasteiger partial charge is 0.493 e. The molecule has 0 unspecified atom stereocenters. The average Bonchev–Trinajstić information content (AvgIpc) is 2.52. The topological polar surface area (TPSA) is 36.9 Å². The molecule has 0 aliphatic rings. The van der Waals surface area contributed by atoms with Crippen LogP contribution in [0.5, 0.6) is 17.2 Å². The molecule has 0 aliphatic carbocycles. The van der Waals surface area contributed by atoms with E-state index in [1.165, 1.54) is 0 Å². The lowest BCUT2D eigenvalue weighted by Crippen LogP contribution is -1.96. The van der Waals surface area contributed by atoms with Gasteiger partial charge in [0.1, 0.15) is 6.61 Å². The van der Waals surface area contributed by atoms with Crippen LogP contribution in [0, 0.1) is 23.7 Å². The van der Waals surface area contributed by atoms with Crippen molar-refractivity contribution in [1.82, 2.24) is 0 Å². The molecule has 112 valence electrons. The molecule has 0 saturated carbocycles. The summed E-state index contributed by atoms with van der Waals surface area (Å²) in [4.78, 5) is 0. The minimum Gasteiger partial charge on any atom is -0.493 e. The first-order valence-electron chi connectivity index (χ1n) is 6.53. The molecule has 21 heavy (non-hydrogen) atoms. The van der Waals surface area contributed by atoms with Gasteiger partial charge in [0.05, 0.1) is 27.9 Å². The third kappa shape index (κ3) is 5.30. The number of hydrogen-bond donors (Lipinski definition) is 0. The molecule has 0 aromatic heterocycles. The number of ether oxygens (including phenoxy) is 4. The Morgan fingerprint density at radius 1 is 0.952 bits per heavy atom. The zero-order chi connectivity index (χ0) is 15.5. The molecule has 0 heterocycles. The Hall–Kier alpha value is -2.30. The van der Waals surface area contributed by atoms with Gasteiger partial charge in [0.2, 0.25) is 5.75 Å². The Kier molecular flexibility index (Phi) is 7.64. The molecule has 0 radical (unpaired) electrons. The fourth-order valence-corrected chi connectivity index (χ4v) is 1.66. The molecule has 4 heteroatoms. The third-order valence-electron chi connectivity index (χ3n) is 2.62. The standard InChI is InChI=1S/C17H20O4/c1-5-6-7-10-21-11-8-9-14-12-15(18-2)17(20-4)16(13-14)19-3/h12-13H,7,10-11H2,1-4H3. The Morgan fingerprint density at radius 3 is 2.14 bits per heavy atom. The van der Waals surface area contributed by atoms with Crippen LogP contribution >= 0.6 is 0 Å². The first-order valence-corrected chi connectivity index (χ1v) is 6.53. The molecule has 0 aliphatic heterocycles. The molecular formula is C17H20O4. The number of hydrogen-bond acceptors (Lipinski definition) is 4. The highest BCUT2D eigenvalue weighted by Crippen LogP contribution is 2.37. The Bertz CT molecular complexity index is 545. The summed E-state index contributed by atoms with van der Waals surface area (Å²) < 4.78 is 21.2. The fourth-order valence-electron chi connectivity index (χ4n) is 1.66. The maximum Gasteiger partial charge on any atom is 0.203 e. The van der Waals surface area contributed by atoms with Crippen molar-refractivity contribution >= 4 is 0 Å². The molecule has 0 atom stereocenters. The van der Waals surface area contributed by atoms with E-state index < -0.39 is 0 Å². The summed E-state index contributed by atoms with van der Waals surface area (Å²) in [5.74, 6) is 13.4. The van der Waals surface area contributed by atoms with E-state index >= 15 is 0 Å². The van der Waals surface area contributed by atoms with Crippen LogP contribution in [0.4, 0.5) is 0 Å². The Labute approximate surface area is 126 Å². The molecule has 0 saturated heterocycles. The van der Waals surface area contributed by atoms with E-state index in [2.05, 4.69) is 23.7 Å². The van der Waals surface area contributed by atoms with Gasteiger partial charge in [-0.25, -0.2) is 0 Å². The first-order chi connectivity index (χ1) is 10.3.